The van der Waals surface area contributed by atoms with Crippen LogP contribution in [0.4, 0.5) is 0 Å². The highest BCUT2D eigenvalue weighted by atomic mass is 13.9. The molecule has 0 bridgehead atoms. The van der Waals surface area contributed by atoms with Crippen molar-refractivity contribution >= 4 is 0 Å². The summed E-state index contributed by atoms with van der Waals surface area (Å²) in [6.07, 6.45) is 12.5. The Morgan fingerprint density at radius 3 is 2.18 bits per heavy atom. The second-order valence-electron chi connectivity index (χ2n) is 3.25. The topological polar surface area (TPSA) is 0 Å². The number of rotatable bonds is 5. The van der Waals surface area contributed by atoms with Gasteiger partial charge in [0.15, 0.2) is 0 Å². The van der Waals surface area contributed by atoms with Gasteiger partial charge in [-0.2, -0.15) is 0 Å². The molecule has 0 heterocycles. The zero-order valence-electron chi connectivity index (χ0n) is 8.01. The fourth-order valence-corrected chi connectivity index (χ4v) is 0.845. The number of hydrogen-bond acceptors (Lipinski definition) is 0. The first-order valence-corrected chi connectivity index (χ1v) is 4.53. The van der Waals surface area contributed by atoms with Crippen molar-refractivity contribution in [1.29, 1.82) is 0 Å². The van der Waals surface area contributed by atoms with Crippen LogP contribution in [0, 0.1) is 5.92 Å². The van der Waals surface area contributed by atoms with Crippen molar-refractivity contribution in [3.8, 4) is 0 Å². The molecule has 0 aliphatic heterocycles. The van der Waals surface area contributed by atoms with E-state index in [2.05, 4.69) is 45.1 Å². The zero-order chi connectivity index (χ0) is 8.53. The van der Waals surface area contributed by atoms with E-state index in [9.17, 15) is 0 Å². The van der Waals surface area contributed by atoms with Gasteiger partial charge in [-0.15, -0.1) is 0 Å². The van der Waals surface area contributed by atoms with E-state index in [-0.39, 0.29) is 0 Å². The molecule has 0 nitrogen and oxygen atoms in total. The SMILES string of the molecule is C/C=C/CC/C=C/CC(C)C. The first-order chi connectivity index (χ1) is 5.27. The van der Waals surface area contributed by atoms with E-state index in [1.807, 2.05) is 0 Å². The van der Waals surface area contributed by atoms with Gasteiger partial charge in [-0.3, -0.25) is 0 Å². The van der Waals surface area contributed by atoms with Crippen molar-refractivity contribution in [3.63, 3.8) is 0 Å². The molecule has 0 aromatic heterocycles. The largest absolute Gasteiger partial charge is 0.0917 e. The molecule has 0 fully saturated rings. The minimum Gasteiger partial charge on any atom is -0.0917 e. The summed E-state index contributed by atoms with van der Waals surface area (Å²) in [4.78, 5) is 0. The van der Waals surface area contributed by atoms with Crippen LogP contribution in [0.25, 0.3) is 0 Å². The molecule has 0 spiro atoms. The summed E-state index contributed by atoms with van der Waals surface area (Å²) < 4.78 is 0. The molecule has 0 aliphatic rings. The Morgan fingerprint density at radius 1 is 1.00 bits per heavy atom. The second kappa shape index (κ2) is 7.59. The Kier molecular flexibility index (Phi) is 7.23. The first-order valence-electron chi connectivity index (χ1n) is 4.53. The highest BCUT2D eigenvalue weighted by Gasteiger charge is 1.85. The summed E-state index contributed by atoms with van der Waals surface area (Å²) in [6.45, 7) is 6.56. The van der Waals surface area contributed by atoms with Crippen LogP contribution in [0.1, 0.15) is 40.0 Å². The molecule has 0 unspecified atom stereocenters. The van der Waals surface area contributed by atoms with Gasteiger partial charge in [0, 0.05) is 0 Å². The summed E-state index contributed by atoms with van der Waals surface area (Å²) in [7, 11) is 0. The van der Waals surface area contributed by atoms with Gasteiger partial charge in [0.1, 0.15) is 0 Å². The number of allylic oxidation sites excluding steroid dienone is 4. The quantitative estimate of drug-likeness (QED) is 0.413. The third-order valence-corrected chi connectivity index (χ3v) is 1.51. The molecular weight excluding hydrogens is 132 g/mol. The van der Waals surface area contributed by atoms with Crippen LogP contribution in [0.15, 0.2) is 24.3 Å². The van der Waals surface area contributed by atoms with E-state index in [1.165, 1.54) is 19.3 Å². The summed E-state index contributed by atoms with van der Waals surface area (Å²) >= 11 is 0. The monoisotopic (exact) mass is 152 g/mol. The highest BCUT2D eigenvalue weighted by Crippen LogP contribution is 2.01. The van der Waals surface area contributed by atoms with Gasteiger partial charge < -0.3 is 0 Å². The lowest BCUT2D eigenvalue weighted by atomic mass is 10.1. The van der Waals surface area contributed by atoms with Gasteiger partial charge in [-0.25, -0.2) is 0 Å². The Morgan fingerprint density at radius 2 is 1.64 bits per heavy atom. The first kappa shape index (κ1) is 10.5. The molecule has 0 rings (SSSR count). The average Bonchev–Trinajstić information content (AvgIpc) is 1.96. The standard InChI is InChI=1S/C11H20/c1-4-5-6-7-8-9-10-11(2)3/h4-5,8-9,11H,6-7,10H2,1-3H3/b5-4+,9-8+. The van der Waals surface area contributed by atoms with Crippen molar-refractivity contribution in [2.45, 2.75) is 40.0 Å². The van der Waals surface area contributed by atoms with Crippen molar-refractivity contribution in [1.82, 2.24) is 0 Å². The van der Waals surface area contributed by atoms with Crippen molar-refractivity contribution in [2.75, 3.05) is 0 Å². The fraction of sp³-hybridized carbons (Fsp3) is 0.636. The van der Waals surface area contributed by atoms with E-state index in [1.54, 1.807) is 0 Å². The smallest absolute Gasteiger partial charge is 0.0316 e. The molecule has 0 atom stereocenters. The van der Waals surface area contributed by atoms with Gasteiger partial charge >= 0.3 is 0 Å². The molecule has 64 valence electrons. The summed E-state index contributed by atoms with van der Waals surface area (Å²) in [5.41, 5.74) is 0. The molecule has 0 N–H and O–H groups in total. The molecule has 0 heteroatoms. The molecule has 0 amide bonds. The molecule has 0 saturated heterocycles. The molecule has 0 aliphatic carbocycles. The van der Waals surface area contributed by atoms with E-state index in [0.29, 0.717) is 0 Å². The lowest BCUT2D eigenvalue weighted by Gasteiger charge is -1.95. The molecule has 0 aromatic carbocycles. The Bertz CT molecular complexity index is 118. The lowest BCUT2D eigenvalue weighted by molar-refractivity contribution is 0.662. The van der Waals surface area contributed by atoms with E-state index >= 15 is 0 Å². The second-order valence-corrected chi connectivity index (χ2v) is 3.25. The Hall–Kier alpha value is -0.520. The Balaban J connectivity index is 3.16. The van der Waals surface area contributed by atoms with Gasteiger partial charge in [0.05, 0.1) is 0 Å². The Labute approximate surface area is 71.0 Å². The summed E-state index contributed by atoms with van der Waals surface area (Å²) in [5.74, 6) is 0.799. The van der Waals surface area contributed by atoms with E-state index in [0.717, 1.165) is 5.92 Å². The van der Waals surface area contributed by atoms with Crippen LogP contribution in [0.5, 0.6) is 0 Å². The third kappa shape index (κ3) is 9.48. The summed E-state index contributed by atoms with van der Waals surface area (Å²) in [6, 6.07) is 0. The molecule has 0 saturated carbocycles. The van der Waals surface area contributed by atoms with Crippen LogP contribution in [-0.4, -0.2) is 0 Å². The molecule has 0 radical (unpaired) electrons. The minimum atomic E-state index is 0.799. The molecule has 0 aromatic rings. The number of unbranched alkanes of at least 4 members (excludes halogenated alkanes) is 1. The highest BCUT2D eigenvalue weighted by molar-refractivity contribution is 4.86. The van der Waals surface area contributed by atoms with Crippen molar-refractivity contribution < 1.29 is 0 Å². The predicted molar refractivity (Wildman–Crippen MR) is 52.6 cm³/mol. The van der Waals surface area contributed by atoms with E-state index in [4.69, 9.17) is 0 Å². The summed E-state index contributed by atoms with van der Waals surface area (Å²) in [5, 5.41) is 0. The van der Waals surface area contributed by atoms with Gasteiger partial charge in [-0.1, -0.05) is 38.2 Å². The van der Waals surface area contributed by atoms with Crippen LogP contribution in [0.3, 0.4) is 0 Å². The van der Waals surface area contributed by atoms with Gasteiger partial charge in [0.2, 0.25) is 0 Å². The maximum atomic E-state index is 2.29. The van der Waals surface area contributed by atoms with Gasteiger partial charge in [0.25, 0.3) is 0 Å². The van der Waals surface area contributed by atoms with Crippen LogP contribution in [0.2, 0.25) is 0 Å². The zero-order valence-corrected chi connectivity index (χ0v) is 8.01. The van der Waals surface area contributed by atoms with Crippen LogP contribution < -0.4 is 0 Å². The van der Waals surface area contributed by atoms with Crippen molar-refractivity contribution in [3.05, 3.63) is 24.3 Å². The third-order valence-electron chi connectivity index (χ3n) is 1.51. The maximum Gasteiger partial charge on any atom is -0.0316 e. The normalized spacial score (nSPS) is 12.4. The lowest BCUT2D eigenvalue weighted by Crippen LogP contribution is -1.80. The van der Waals surface area contributed by atoms with E-state index < -0.39 is 0 Å². The predicted octanol–water partition coefficient (Wildman–Crippen LogP) is 3.95. The molecular formula is C11H20. The van der Waals surface area contributed by atoms with Crippen LogP contribution in [-0.2, 0) is 0 Å². The fourth-order valence-electron chi connectivity index (χ4n) is 0.845. The van der Waals surface area contributed by atoms with Crippen LogP contribution >= 0.6 is 0 Å². The molecule has 11 heavy (non-hydrogen) atoms. The number of hydrogen-bond donors (Lipinski definition) is 0. The minimum absolute atomic E-state index is 0.799. The van der Waals surface area contributed by atoms with Crippen molar-refractivity contribution in [2.24, 2.45) is 5.92 Å². The van der Waals surface area contributed by atoms with Gasteiger partial charge in [-0.05, 0) is 32.1 Å². The average molecular weight is 152 g/mol. The maximum absolute atomic E-state index is 2.29.